The topological polar surface area (TPSA) is 146 Å². The lowest BCUT2D eigenvalue weighted by Crippen LogP contribution is -2.56. The minimum absolute atomic E-state index is 0.0262. The first-order chi connectivity index (χ1) is 20.3. The molecular formula is C30H40O12S. The summed E-state index contributed by atoms with van der Waals surface area (Å²) in [6.07, 6.45) is -6.78. The summed E-state index contributed by atoms with van der Waals surface area (Å²) in [5, 5.41) is 0.718. The fourth-order valence-electron chi connectivity index (χ4n) is 3.88. The number of thioether (sulfide) groups is 1. The average Bonchev–Trinajstić information content (AvgIpc) is 2.92. The van der Waals surface area contributed by atoms with E-state index in [9.17, 15) is 19.2 Å². The lowest BCUT2D eigenvalue weighted by molar-refractivity contribution is -0.122. The summed E-state index contributed by atoms with van der Waals surface area (Å²) < 4.78 is 43.9. The van der Waals surface area contributed by atoms with Crippen molar-refractivity contribution in [2.45, 2.75) is 72.2 Å². The van der Waals surface area contributed by atoms with Crippen LogP contribution in [0.25, 0.3) is 11.0 Å². The van der Waals surface area contributed by atoms with E-state index < -0.39 is 47.8 Å². The molecule has 0 aliphatic carbocycles. The van der Waals surface area contributed by atoms with Crippen molar-refractivity contribution in [3.63, 3.8) is 0 Å². The Labute approximate surface area is 254 Å². The Hall–Kier alpha value is -3.61. The Kier molecular flexibility index (Phi) is 12.4. The minimum atomic E-state index is -1.34. The second kappa shape index (κ2) is 15.7. The van der Waals surface area contributed by atoms with E-state index in [4.69, 9.17) is 37.6 Å². The molecule has 0 spiro atoms. The van der Waals surface area contributed by atoms with Crippen molar-refractivity contribution in [3.05, 3.63) is 40.2 Å². The quantitative estimate of drug-likeness (QED) is 0.162. The monoisotopic (exact) mass is 624 g/mol. The molecule has 1 saturated heterocycles. The first-order valence-electron chi connectivity index (χ1n) is 14.1. The number of carbonyl (C=O) groups is 3. The molecule has 4 atom stereocenters. The molecule has 3 rings (SSSR count). The lowest BCUT2D eigenvalue weighted by Gasteiger charge is -2.39. The Morgan fingerprint density at radius 3 is 1.91 bits per heavy atom. The zero-order valence-corrected chi connectivity index (χ0v) is 26.3. The average molecular weight is 625 g/mol. The Morgan fingerprint density at radius 2 is 1.35 bits per heavy atom. The van der Waals surface area contributed by atoms with Crippen molar-refractivity contribution in [1.82, 2.24) is 0 Å². The van der Waals surface area contributed by atoms with Crippen LogP contribution in [0.15, 0.2) is 33.5 Å². The van der Waals surface area contributed by atoms with Crippen LogP contribution in [0.5, 0.6) is 5.75 Å². The van der Waals surface area contributed by atoms with Gasteiger partial charge in [-0.1, -0.05) is 41.5 Å². The van der Waals surface area contributed by atoms with Crippen LogP contribution in [0.4, 0.5) is 14.4 Å². The van der Waals surface area contributed by atoms with Gasteiger partial charge in [0.15, 0.2) is 23.7 Å². The zero-order valence-electron chi connectivity index (χ0n) is 25.5. The first kappa shape index (κ1) is 33.9. The van der Waals surface area contributed by atoms with Crippen molar-refractivity contribution < 1.29 is 52.0 Å². The highest BCUT2D eigenvalue weighted by Crippen LogP contribution is 2.35. The molecule has 0 radical (unpaired) electrons. The van der Waals surface area contributed by atoms with Crippen LogP contribution in [-0.2, 0) is 28.4 Å². The van der Waals surface area contributed by atoms with Gasteiger partial charge in [-0.05, 0) is 42.4 Å². The molecule has 0 N–H and O–H groups in total. The molecule has 238 valence electrons. The fourth-order valence-corrected chi connectivity index (χ4v) is 5.09. The van der Waals surface area contributed by atoms with Crippen LogP contribution in [0, 0.1) is 24.7 Å². The predicted octanol–water partition coefficient (Wildman–Crippen LogP) is 6.09. The summed E-state index contributed by atoms with van der Waals surface area (Å²) in [5.74, 6) is 0.497. The number of carbonyl (C=O) groups excluding carboxylic acids is 3. The molecule has 12 nitrogen and oxygen atoms in total. The van der Waals surface area contributed by atoms with E-state index in [0.717, 1.165) is 22.7 Å². The number of hydrogen-bond acceptors (Lipinski definition) is 13. The molecule has 1 aliphatic rings. The molecule has 13 heteroatoms. The fraction of sp³-hybridized carbons (Fsp3) is 0.600. The third kappa shape index (κ3) is 10.6. The number of benzene rings is 1. The smallest absolute Gasteiger partial charge is 0.476 e. The summed E-state index contributed by atoms with van der Waals surface area (Å²) in [6.45, 7) is 13.2. The molecule has 0 saturated carbocycles. The van der Waals surface area contributed by atoms with Gasteiger partial charge >= 0.3 is 24.1 Å². The van der Waals surface area contributed by atoms with Crippen molar-refractivity contribution >= 4 is 41.2 Å². The standard InChI is InChI=1S/C30H40O12S/c1-16(2)12-35-28(32)40-23-15-43-27(38-20-8-9-21-19(7)10-24(31)39-22(21)11-20)26(42-30(34)37-14-18(5)6)25(23)41-29(33)36-13-17(3)4/h8-11,16-18,23,25-27H,12-15H2,1-7H3/t23-,25+,26-,27-/m1/s1. The zero-order chi connectivity index (χ0) is 31.7. The number of aryl methyl sites for hydroxylation is 1. The third-order valence-electron chi connectivity index (χ3n) is 5.87. The van der Waals surface area contributed by atoms with Gasteiger partial charge in [-0.3, -0.25) is 0 Å². The SMILES string of the molecule is Cc1cc(=O)oc2cc(O[C@@H]3SC[C@@H](OC(=O)OCC(C)C)[C@H](OC(=O)OCC(C)C)[C@H]3OC(=O)OCC(C)C)ccc12. The van der Waals surface area contributed by atoms with Crippen molar-refractivity contribution in [3.8, 4) is 5.75 Å². The number of rotatable bonds is 11. The summed E-state index contributed by atoms with van der Waals surface area (Å²) in [6, 6.07) is 6.33. The maximum atomic E-state index is 12.8. The second-order valence-corrected chi connectivity index (χ2v) is 12.5. The summed E-state index contributed by atoms with van der Waals surface area (Å²) in [5.41, 5.74) is -0.441. The molecule has 1 aliphatic heterocycles. The number of hydrogen-bond donors (Lipinski definition) is 0. The molecule has 0 amide bonds. The van der Waals surface area contributed by atoms with Gasteiger partial charge in [0.2, 0.25) is 0 Å². The van der Waals surface area contributed by atoms with Gasteiger partial charge in [-0.25, -0.2) is 19.2 Å². The minimum Gasteiger partial charge on any atom is -0.476 e. The first-order valence-corrected chi connectivity index (χ1v) is 15.2. The van der Waals surface area contributed by atoms with Crippen LogP contribution in [-0.4, -0.2) is 67.8 Å². The van der Waals surface area contributed by atoms with Gasteiger partial charge in [0, 0.05) is 23.3 Å². The summed E-state index contributed by atoms with van der Waals surface area (Å²) >= 11 is 1.16. The largest absolute Gasteiger partial charge is 0.508 e. The van der Waals surface area contributed by atoms with Gasteiger partial charge in [0.1, 0.15) is 11.3 Å². The second-order valence-electron chi connectivity index (χ2n) is 11.4. The van der Waals surface area contributed by atoms with Gasteiger partial charge in [0.05, 0.1) is 19.8 Å². The molecule has 0 unspecified atom stereocenters. The lowest BCUT2D eigenvalue weighted by atomic mass is 10.1. The molecule has 2 heterocycles. The van der Waals surface area contributed by atoms with E-state index in [2.05, 4.69) is 0 Å². The van der Waals surface area contributed by atoms with Crippen LogP contribution in [0.1, 0.15) is 47.1 Å². The molecule has 0 bridgehead atoms. The van der Waals surface area contributed by atoms with Crippen LogP contribution in [0.3, 0.4) is 0 Å². The number of fused-ring (bicyclic) bond motifs is 1. The Bertz CT molecular complexity index is 1300. The van der Waals surface area contributed by atoms with Crippen LogP contribution >= 0.6 is 11.8 Å². The van der Waals surface area contributed by atoms with Gasteiger partial charge in [-0.2, -0.15) is 0 Å². The molecular weight excluding hydrogens is 584 g/mol. The molecule has 43 heavy (non-hydrogen) atoms. The molecule has 1 aromatic heterocycles. The number of ether oxygens (including phenoxy) is 7. The van der Waals surface area contributed by atoms with Crippen molar-refractivity contribution in [2.75, 3.05) is 25.6 Å². The maximum absolute atomic E-state index is 12.8. The van der Waals surface area contributed by atoms with E-state index in [-0.39, 0.29) is 43.3 Å². The highest BCUT2D eigenvalue weighted by Gasteiger charge is 2.49. The summed E-state index contributed by atoms with van der Waals surface area (Å²) in [7, 11) is 0. The molecule has 2 aromatic rings. The van der Waals surface area contributed by atoms with Crippen molar-refractivity contribution in [2.24, 2.45) is 17.8 Å². The molecule has 1 fully saturated rings. The predicted molar refractivity (Wildman–Crippen MR) is 157 cm³/mol. The highest BCUT2D eigenvalue weighted by molar-refractivity contribution is 7.99. The third-order valence-corrected chi connectivity index (χ3v) is 7.09. The maximum Gasteiger partial charge on any atom is 0.508 e. The van der Waals surface area contributed by atoms with Gasteiger partial charge in [-0.15, -0.1) is 11.8 Å². The summed E-state index contributed by atoms with van der Waals surface area (Å²) in [4.78, 5) is 49.9. The Balaban J connectivity index is 1.92. The van der Waals surface area contributed by atoms with E-state index in [0.29, 0.717) is 11.3 Å². The van der Waals surface area contributed by atoms with E-state index >= 15 is 0 Å². The Morgan fingerprint density at radius 1 is 0.814 bits per heavy atom. The van der Waals surface area contributed by atoms with E-state index in [1.54, 1.807) is 19.1 Å². The highest BCUT2D eigenvalue weighted by atomic mass is 32.2. The molecule has 1 aromatic carbocycles. The van der Waals surface area contributed by atoms with E-state index in [1.807, 2.05) is 41.5 Å². The van der Waals surface area contributed by atoms with Gasteiger partial charge < -0.3 is 37.6 Å². The van der Waals surface area contributed by atoms with Gasteiger partial charge in [0.25, 0.3) is 0 Å². The van der Waals surface area contributed by atoms with Crippen LogP contribution in [0.2, 0.25) is 0 Å². The van der Waals surface area contributed by atoms with Crippen LogP contribution < -0.4 is 10.4 Å². The normalized spacial score (nSPS) is 20.1. The van der Waals surface area contributed by atoms with E-state index in [1.165, 1.54) is 12.1 Å². The van der Waals surface area contributed by atoms with Crippen molar-refractivity contribution in [1.29, 1.82) is 0 Å².